The van der Waals surface area contributed by atoms with Crippen LogP contribution in [-0.2, 0) is 0 Å². The second kappa shape index (κ2) is 3.18. The molecule has 0 unspecified atom stereocenters. The van der Waals surface area contributed by atoms with Gasteiger partial charge in [0.1, 0.15) is 0 Å². The van der Waals surface area contributed by atoms with Crippen LogP contribution in [0.3, 0.4) is 0 Å². The molecule has 0 aromatic heterocycles. The van der Waals surface area contributed by atoms with Crippen LogP contribution in [0.2, 0.25) is 0 Å². The minimum atomic E-state index is 0.788. The lowest BCUT2D eigenvalue weighted by Crippen LogP contribution is -2.30. The van der Waals surface area contributed by atoms with E-state index in [0.717, 1.165) is 19.0 Å². The minimum absolute atomic E-state index is 0.788. The molecule has 0 atom stereocenters. The van der Waals surface area contributed by atoms with Gasteiger partial charge in [0.15, 0.2) is 0 Å². The third kappa shape index (κ3) is 2.33. The van der Waals surface area contributed by atoms with Gasteiger partial charge in [-0.15, -0.1) is 0 Å². The summed E-state index contributed by atoms with van der Waals surface area (Å²) in [6, 6.07) is 0.788. The van der Waals surface area contributed by atoms with Crippen molar-refractivity contribution in [3.8, 4) is 0 Å². The molecule has 2 nitrogen and oxygen atoms in total. The first kappa shape index (κ1) is 7.03. The van der Waals surface area contributed by atoms with Gasteiger partial charge in [0.2, 0.25) is 0 Å². The molecule has 2 heteroatoms. The Morgan fingerprint density at radius 2 is 2.22 bits per heavy atom. The van der Waals surface area contributed by atoms with E-state index in [1.165, 1.54) is 12.8 Å². The molecule has 0 aromatic rings. The smallest absolute Gasteiger partial charge is 0.0304 e. The van der Waals surface area contributed by atoms with Gasteiger partial charge in [-0.2, -0.15) is 5.43 Å². The topological polar surface area (TPSA) is 17.3 Å². The average molecular weight is 127 g/mol. The van der Waals surface area contributed by atoms with Crippen LogP contribution in [0, 0.1) is 0 Å². The highest BCUT2D eigenvalue weighted by Crippen LogP contribution is 2.23. The van der Waals surface area contributed by atoms with Crippen molar-refractivity contribution in [3.63, 3.8) is 0 Å². The molecule has 0 heterocycles. The van der Waals surface area contributed by atoms with Crippen LogP contribution in [0.1, 0.15) is 26.2 Å². The van der Waals surface area contributed by atoms with Gasteiger partial charge >= 0.3 is 0 Å². The Bertz CT molecular complexity index is 79.0. The van der Waals surface area contributed by atoms with Crippen molar-refractivity contribution in [2.45, 2.75) is 32.2 Å². The van der Waals surface area contributed by atoms with Crippen molar-refractivity contribution < 1.29 is 0 Å². The van der Waals surface area contributed by atoms with E-state index in [9.17, 15) is 0 Å². The van der Waals surface area contributed by atoms with Crippen LogP contribution in [0.4, 0.5) is 0 Å². The summed E-state index contributed by atoms with van der Waals surface area (Å²) in [6.45, 7) is 3.15. The van der Waals surface area contributed by atoms with Crippen molar-refractivity contribution in [1.82, 2.24) is 10.4 Å². The lowest BCUT2D eigenvalue weighted by atomic mass is 10.5. The summed E-state index contributed by atoms with van der Waals surface area (Å²) >= 11 is 0. The maximum absolute atomic E-state index is 4.34. The summed E-state index contributed by atoms with van der Waals surface area (Å²) in [5.74, 6) is 0. The Labute approximate surface area is 57.2 Å². The average Bonchev–Trinajstić information content (AvgIpc) is 2.63. The van der Waals surface area contributed by atoms with Crippen molar-refractivity contribution >= 4 is 0 Å². The molecular formula is C7H15N2. The Morgan fingerprint density at radius 1 is 1.56 bits per heavy atom. The molecule has 1 aliphatic carbocycles. The van der Waals surface area contributed by atoms with Crippen LogP contribution < -0.4 is 5.43 Å². The van der Waals surface area contributed by atoms with Crippen LogP contribution in [0.25, 0.3) is 0 Å². The fraction of sp³-hybridized carbons (Fsp3) is 1.00. The summed E-state index contributed by atoms with van der Waals surface area (Å²) < 4.78 is 0. The number of rotatable bonds is 4. The summed E-state index contributed by atoms with van der Waals surface area (Å²) in [7, 11) is 2.08. The molecule has 0 aliphatic heterocycles. The molecule has 9 heavy (non-hydrogen) atoms. The summed E-state index contributed by atoms with van der Waals surface area (Å²) in [6.07, 6.45) is 3.87. The highest BCUT2D eigenvalue weighted by molar-refractivity contribution is 4.79. The SMILES string of the molecule is CCC[N]N(C)C1CC1. The fourth-order valence-electron chi connectivity index (χ4n) is 0.821. The monoisotopic (exact) mass is 127 g/mol. The quantitative estimate of drug-likeness (QED) is 0.515. The zero-order chi connectivity index (χ0) is 6.69. The minimum Gasteiger partial charge on any atom is -0.227 e. The molecule has 0 bridgehead atoms. The molecule has 0 spiro atoms. The van der Waals surface area contributed by atoms with E-state index in [1.54, 1.807) is 0 Å². The molecule has 1 aliphatic rings. The van der Waals surface area contributed by atoms with Crippen LogP contribution >= 0.6 is 0 Å². The highest BCUT2D eigenvalue weighted by Gasteiger charge is 2.26. The Hall–Kier alpha value is -0.0800. The van der Waals surface area contributed by atoms with Gasteiger partial charge in [-0.1, -0.05) is 6.92 Å². The lowest BCUT2D eigenvalue weighted by molar-refractivity contribution is 0.216. The van der Waals surface area contributed by atoms with Gasteiger partial charge in [-0.3, -0.25) is 0 Å². The molecule has 0 amide bonds. The molecule has 53 valence electrons. The van der Waals surface area contributed by atoms with E-state index in [4.69, 9.17) is 0 Å². The lowest BCUT2D eigenvalue weighted by Gasteiger charge is -2.12. The maximum atomic E-state index is 4.34. The molecule has 1 radical (unpaired) electrons. The van der Waals surface area contributed by atoms with Crippen LogP contribution in [0.5, 0.6) is 0 Å². The van der Waals surface area contributed by atoms with Crippen molar-refractivity contribution in [3.05, 3.63) is 0 Å². The normalized spacial score (nSPS) is 19.0. The predicted molar refractivity (Wildman–Crippen MR) is 38.1 cm³/mol. The van der Waals surface area contributed by atoms with E-state index in [-0.39, 0.29) is 0 Å². The van der Waals surface area contributed by atoms with Gasteiger partial charge in [0.05, 0.1) is 0 Å². The number of nitrogens with zero attached hydrogens (tertiary/aromatic N) is 2. The molecule has 1 saturated carbocycles. The van der Waals surface area contributed by atoms with E-state index >= 15 is 0 Å². The first-order valence-corrected chi connectivity index (χ1v) is 3.75. The van der Waals surface area contributed by atoms with Gasteiger partial charge < -0.3 is 0 Å². The zero-order valence-electron chi connectivity index (χ0n) is 6.30. The molecular weight excluding hydrogens is 112 g/mol. The molecule has 1 rings (SSSR count). The summed E-state index contributed by atoms with van der Waals surface area (Å²) in [5.41, 5.74) is 4.34. The standard InChI is InChI=1S/C7H15N2/c1-3-6-8-9(2)7-4-5-7/h7H,3-6H2,1-2H3. The molecule has 1 fully saturated rings. The van der Waals surface area contributed by atoms with Crippen LogP contribution in [0.15, 0.2) is 0 Å². The first-order chi connectivity index (χ1) is 4.34. The third-order valence-electron chi connectivity index (χ3n) is 1.62. The van der Waals surface area contributed by atoms with E-state index in [0.29, 0.717) is 0 Å². The predicted octanol–water partition coefficient (Wildman–Crippen LogP) is 1.01. The van der Waals surface area contributed by atoms with Crippen molar-refractivity contribution in [1.29, 1.82) is 0 Å². The van der Waals surface area contributed by atoms with Crippen LogP contribution in [-0.4, -0.2) is 24.6 Å². The third-order valence-corrected chi connectivity index (χ3v) is 1.62. The van der Waals surface area contributed by atoms with Gasteiger partial charge in [-0.05, 0) is 19.3 Å². The largest absolute Gasteiger partial charge is 0.227 e. The zero-order valence-corrected chi connectivity index (χ0v) is 6.30. The van der Waals surface area contributed by atoms with Crippen molar-refractivity contribution in [2.24, 2.45) is 0 Å². The van der Waals surface area contributed by atoms with Gasteiger partial charge in [0, 0.05) is 19.6 Å². The molecule has 0 saturated heterocycles. The van der Waals surface area contributed by atoms with E-state index < -0.39 is 0 Å². The Balaban J connectivity index is 1.96. The number of hydrogen-bond acceptors (Lipinski definition) is 1. The fourth-order valence-corrected chi connectivity index (χ4v) is 0.821. The summed E-state index contributed by atoms with van der Waals surface area (Å²) in [5, 5.41) is 2.11. The van der Waals surface area contributed by atoms with Gasteiger partial charge in [-0.25, -0.2) is 5.01 Å². The number of hydrogen-bond donors (Lipinski definition) is 0. The Kier molecular flexibility index (Phi) is 2.49. The summed E-state index contributed by atoms with van der Waals surface area (Å²) in [4.78, 5) is 0. The van der Waals surface area contributed by atoms with Gasteiger partial charge in [0.25, 0.3) is 0 Å². The van der Waals surface area contributed by atoms with E-state index in [1.807, 2.05) is 0 Å². The van der Waals surface area contributed by atoms with Crippen molar-refractivity contribution in [2.75, 3.05) is 13.6 Å². The Morgan fingerprint density at radius 3 is 2.67 bits per heavy atom. The highest BCUT2D eigenvalue weighted by atomic mass is 15.5. The molecule has 0 aromatic carbocycles. The maximum Gasteiger partial charge on any atom is 0.0304 e. The van der Waals surface area contributed by atoms with E-state index in [2.05, 4.69) is 24.4 Å². The first-order valence-electron chi connectivity index (χ1n) is 3.75. The molecule has 0 N–H and O–H groups in total. The second-order valence-corrected chi connectivity index (χ2v) is 2.67. The second-order valence-electron chi connectivity index (χ2n) is 2.67.